The second-order valence-corrected chi connectivity index (χ2v) is 7.46. The van der Waals surface area contributed by atoms with Gasteiger partial charge in [0.25, 0.3) is 0 Å². The second kappa shape index (κ2) is 16.5. The Bertz CT molecular complexity index is 545. The molecule has 0 saturated carbocycles. The van der Waals surface area contributed by atoms with Crippen molar-refractivity contribution >= 4 is 12.1 Å². The van der Waals surface area contributed by atoms with Crippen molar-refractivity contribution in [3.05, 3.63) is 47.5 Å². The van der Waals surface area contributed by atoms with Gasteiger partial charge < -0.3 is 0 Å². The van der Waals surface area contributed by atoms with Gasteiger partial charge in [-0.15, -0.1) is 0 Å². The lowest BCUT2D eigenvalue weighted by Crippen LogP contribution is -2.03. The molecule has 0 unspecified atom stereocenters. The van der Waals surface area contributed by atoms with E-state index in [4.69, 9.17) is 0 Å². The topological polar surface area (TPSA) is 34.1 Å². The fraction of sp³-hybridized carbons (Fsp3) is 0.600. The van der Waals surface area contributed by atoms with E-state index in [1.807, 2.05) is 6.07 Å². The van der Waals surface area contributed by atoms with Gasteiger partial charge in [-0.25, -0.2) is 0 Å². The molecule has 150 valence electrons. The summed E-state index contributed by atoms with van der Waals surface area (Å²) in [5.74, 6) is 0.0929. The lowest BCUT2D eigenvalue weighted by Gasteiger charge is -2.04. The SMILES string of the molecule is CCCCCCCC/C=C\CCCCCCCC(=O)c1ccccc1C=O. The van der Waals surface area contributed by atoms with E-state index in [0.717, 1.165) is 19.1 Å². The van der Waals surface area contributed by atoms with Crippen LogP contribution in [0.15, 0.2) is 36.4 Å². The van der Waals surface area contributed by atoms with Crippen LogP contribution in [0.1, 0.15) is 118 Å². The molecular formula is C25H38O2. The number of benzene rings is 1. The highest BCUT2D eigenvalue weighted by Crippen LogP contribution is 2.14. The molecule has 27 heavy (non-hydrogen) atoms. The number of rotatable bonds is 17. The van der Waals surface area contributed by atoms with Gasteiger partial charge in [-0.1, -0.05) is 94.7 Å². The van der Waals surface area contributed by atoms with Crippen LogP contribution in [0.5, 0.6) is 0 Å². The highest BCUT2D eigenvalue weighted by Gasteiger charge is 2.09. The Balaban J connectivity index is 1.95. The predicted molar refractivity (Wildman–Crippen MR) is 116 cm³/mol. The molecule has 1 aromatic rings. The van der Waals surface area contributed by atoms with E-state index in [1.54, 1.807) is 18.2 Å². The van der Waals surface area contributed by atoms with E-state index in [9.17, 15) is 9.59 Å². The van der Waals surface area contributed by atoms with Crippen LogP contribution < -0.4 is 0 Å². The third kappa shape index (κ3) is 11.6. The third-order valence-electron chi connectivity index (χ3n) is 5.05. The Labute approximate surface area is 166 Å². The lowest BCUT2D eigenvalue weighted by atomic mass is 9.99. The molecule has 0 bridgehead atoms. The standard InChI is InChI=1S/C25H38O2/c1-2-3-4-5-6-7-8-9-10-11-12-13-14-15-16-21-25(27)24-20-18-17-19-23(24)22-26/h9-10,17-20,22H,2-8,11-16,21H2,1H3/b10-9-. The zero-order valence-electron chi connectivity index (χ0n) is 17.3. The molecule has 0 aliphatic heterocycles. The predicted octanol–water partition coefficient (Wildman–Crippen LogP) is 7.72. The average Bonchev–Trinajstić information content (AvgIpc) is 2.70. The molecule has 2 heteroatoms. The van der Waals surface area contributed by atoms with E-state index in [1.165, 1.54) is 70.6 Å². The molecule has 0 aliphatic carbocycles. The van der Waals surface area contributed by atoms with E-state index < -0.39 is 0 Å². The van der Waals surface area contributed by atoms with Crippen LogP contribution in [0.25, 0.3) is 0 Å². The summed E-state index contributed by atoms with van der Waals surface area (Å²) in [6.45, 7) is 2.26. The first-order chi connectivity index (χ1) is 13.3. The van der Waals surface area contributed by atoms with Gasteiger partial charge in [-0.05, 0) is 32.1 Å². The summed E-state index contributed by atoms with van der Waals surface area (Å²) in [6, 6.07) is 7.08. The number of unbranched alkanes of at least 4 members (excludes halogenated alkanes) is 11. The van der Waals surface area contributed by atoms with E-state index >= 15 is 0 Å². The summed E-state index contributed by atoms with van der Waals surface area (Å²) in [5, 5.41) is 0. The summed E-state index contributed by atoms with van der Waals surface area (Å²) in [5.41, 5.74) is 1.08. The van der Waals surface area contributed by atoms with Crippen molar-refractivity contribution < 1.29 is 9.59 Å². The van der Waals surface area contributed by atoms with Crippen LogP contribution >= 0.6 is 0 Å². The van der Waals surface area contributed by atoms with Gasteiger partial charge >= 0.3 is 0 Å². The second-order valence-electron chi connectivity index (χ2n) is 7.46. The van der Waals surface area contributed by atoms with Crippen LogP contribution in [-0.4, -0.2) is 12.1 Å². The number of hydrogen-bond donors (Lipinski definition) is 0. The molecule has 0 spiro atoms. The zero-order chi connectivity index (χ0) is 19.6. The van der Waals surface area contributed by atoms with Crippen LogP contribution in [0.3, 0.4) is 0 Å². The van der Waals surface area contributed by atoms with Crippen LogP contribution in [0.4, 0.5) is 0 Å². The lowest BCUT2D eigenvalue weighted by molar-refractivity contribution is 0.0973. The molecule has 0 saturated heterocycles. The fourth-order valence-electron chi connectivity index (χ4n) is 3.34. The Morgan fingerprint density at radius 3 is 1.96 bits per heavy atom. The first-order valence-corrected chi connectivity index (χ1v) is 11.0. The van der Waals surface area contributed by atoms with Gasteiger partial charge in [0, 0.05) is 17.5 Å². The molecular weight excluding hydrogens is 332 g/mol. The van der Waals surface area contributed by atoms with Crippen molar-refractivity contribution in [2.75, 3.05) is 0 Å². The van der Waals surface area contributed by atoms with Gasteiger partial charge in [-0.3, -0.25) is 9.59 Å². The Kier molecular flexibility index (Phi) is 14.2. The minimum absolute atomic E-state index is 0.0929. The maximum Gasteiger partial charge on any atom is 0.163 e. The van der Waals surface area contributed by atoms with Gasteiger partial charge in [0.2, 0.25) is 0 Å². The molecule has 0 fully saturated rings. The summed E-state index contributed by atoms with van der Waals surface area (Å²) < 4.78 is 0. The molecule has 0 aliphatic rings. The minimum Gasteiger partial charge on any atom is -0.298 e. The number of aldehydes is 1. The van der Waals surface area contributed by atoms with Crippen molar-refractivity contribution in [3.8, 4) is 0 Å². The quantitative estimate of drug-likeness (QED) is 0.122. The molecule has 0 heterocycles. The van der Waals surface area contributed by atoms with Crippen molar-refractivity contribution in [3.63, 3.8) is 0 Å². The molecule has 0 aromatic heterocycles. The number of carbonyl (C=O) groups excluding carboxylic acids is 2. The Hall–Kier alpha value is -1.70. The smallest absolute Gasteiger partial charge is 0.163 e. The molecule has 0 N–H and O–H groups in total. The van der Waals surface area contributed by atoms with Crippen LogP contribution in [0.2, 0.25) is 0 Å². The molecule has 1 aromatic carbocycles. The van der Waals surface area contributed by atoms with Gasteiger partial charge in [-0.2, -0.15) is 0 Å². The summed E-state index contributed by atoms with van der Waals surface area (Å²) in [7, 11) is 0. The summed E-state index contributed by atoms with van der Waals surface area (Å²) in [6.07, 6.45) is 22.3. The number of Topliss-reactive ketones (excluding diaryl/α,β-unsaturated/α-hetero) is 1. The van der Waals surface area contributed by atoms with Crippen molar-refractivity contribution in [1.82, 2.24) is 0 Å². The van der Waals surface area contributed by atoms with Gasteiger partial charge in [0.1, 0.15) is 0 Å². The molecule has 0 atom stereocenters. The van der Waals surface area contributed by atoms with Gasteiger partial charge in [0.15, 0.2) is 12.1 Å². The average molecular weight is 371 g/mol. The first-order valence-electron chi connectivity index (χ1n) is 11.0. The summed E-state index contributed by atoms with van der Waals surface area (Å²) in [4.78, 5) is 23.2. The molecule has 1 rings (SSSR count). The third-order valence-corrected chi connectivity index (χ3v) is 5.05. The van der Waals surface area contributed by atoms with E-state index in [-0.39, 0.29) is 5.78 Å². The minimum atomic E-state index is 0.0929. The van der Waals surface area contributed by atoms with Crippen LogP contribution in [-0.2, 0) is 0 Å². The van der Waals surface area contributed by atoms with Gasteiger partial charge in [0.05, 0.1) is 0 Å². The maximum atomic E-state index is 12.2. The molecule has 0 amide bonds. The van der Waals surface area contributed by atoms with Crippen molar-refractivity contribution in [2.45, 2.75) is 96.8 Å². The summed E-state index contributed by atoms with van der Waals surface area (Å²) >= 11 is 0. The normalized spacial score (nSPS) is 11.1. The largest absolute Gasteiger partial charge is 0.298 e. The number of hydrogen-bond acceptors (Lipinski definition) is 2. The number of carbonyl (C=O) groups is 2. The molecule has 0 radical (unpaired) electrons. The Morgan fingerprint density at radius 1 is 0.778 bits per heavy atom. The first kappa shape index (κ1) is 23.3. The van der Waals surface area contributed by atoms with Crippen LogP contribution in [0, 0.1) is 0 Å². The van der Waals surface area contributed by atoms with E-state index in [2.05, 4.69) is 19.1 Å². The Morgan fingerprint density at radius 2 is 1.33 bits per heavy atom. The monoisotopic (exact) mass is 370 g/mol. The zero-order valence-corrected chi connectivity index (χ0v) is 17.3. The van der Waals surface area contributed by atoms with Crippen molar-refractivity contribution in [2.24, 2.45) is 0 Å². The highest BCUT2D eigenvalue weighted by atomic mass is 16.1. The fourth-order valence-corrected chi connectivity index (χ4v) is 3.34. The number of allylic oxidation sites excluding steroid dienone is 2. The van der Waals surface area contributed by atoms with E-state index in [0.29, 0.717) is 17.5 Å². The highest BCUT2D eigenvalue weighted by molar-refractivity contribution is 6.02. The number of ketones is 1. The molecule has 2 nitrogen and oxygen atoms in total. The van der Waals surface area contributed by atoms with Crippen molar-refractivity contribution in [1.29, 1.82) is 0 Å². The maximum absolute atomic E-state index is 12.2.